The zero-order chi connectivity index (χ0) is 8.69. The van der Waals surface area contributed by atoms with E-state index in [1.54, 1.807) is 6.92 Å². The molecule has 4 nitrogen and oxygen atoms in total. The Balaban J connectivity index is 3.71. The van der Waals surface area contributed by atoms with Gasteiger partial charge >= 0.3 is 5.97 Å². The van der Waals surface area contributed by atoms with Crippen LogP contribution in [0.3, 0.4) is 0 Å². The Hall–Kier alpha value is -0.610. The monoisotopic (exact) mass is 160 g/mol. The quantitative estimate of drug-likeness (QED) is 0.530. The van der Waals surface area contributed by atoms with Crippen molar-refractivity contribution in [2.75, 3.05) is 19.7 Å². The van der Waals surface area contributed by atoms with Gasteiger partial charge in [0.15, 0.2) is 0 Å². The molecule has 1 atom stereocenters. The Labute approximate surface area is 66.9 Å². The second-order valence-electron chi connectivity index (χ2n) is 2.26. The molecule has 0 saturated heterocycles. The Morgan fingerprint density at radius 2 is 2.18 bits per heavy atom. The maximum atomic E-state index is 11.0. The third-order valence-corrected chi connectivity index (χ3v) is 1.42. The van der Waals surface area contributed by atoms with Crippen molar-refractivity contribution in [2.24, 2.45) is 17.4 Å². The van der Waals surface area contributed by atoms with Crippen molar-refractivity contribution >= 4 is 5.97 Å². The lowest BCUT2D eigenvalue weighted by Crippen LogP contribution is -2.27. The second-order valence-corrected chi connectivity index (χ2v) is 2.26. The first kappa shape index (κ1) is 10.4. The molecule has 11 heavy (non-hydrogen) atoms. The predicted octanol–water partition coefficient (Wildman–Crippen LogP) is -0.527. The highest BCUT2D eigenvalue weighted by Crippen LogP contribution is 2.01. The topological polar surface area (TPSA) is 78.3 Å². The summed E-state index contributed by atoms with van der Waals surface area (Å²) >= 11 is 0. The lowest BCUT2D eigenvalue weighted by molar-refractivity contribution is -0.147. The SMILES string of the molecule is CCOC(=O)C(CN)CCN. The van der Waals surface area contributed by atoms with Crippen LogP contribution in [0, 0.1) is 5.92 Å². The lowest BCUT2D eigenvalue weighted by atomic mass is 10.1. The van der Waals surface area contributed by atoms with Crippen molar-refractivity contribution < 1.29 is 9.53 Å². The molecule has 0 saturated carbocycles. The minimum Gasteiger partial charge on any atom is -0.466 e. The van der Waals surface area contributed by atoms with E-state index in [2.05, 4.69) is 0 Å². The van der Waals surface area contributed by atoms with E-state index >= 15 is 0 Å². The Morgan fingerprint density at radius 1 is 1.55 bits per heavy atom. The largest absolute Gasteiger partial charge is 0.466 e. The maximum Gasteiger partial charge on any atom is 0.310 e. The van der Waals surface area contributed by atoms with Gasteiger partial charge in [0.25, 0.3) is 0 Å². The molecule has 66 valence electrons. The van der Waals surface area contributed by atoms with E-state index in [0.717, 1.165) is 0 Å². The average Bonchev–Trinajstić information content (AvgIpc) is 2.00. The van der Waals surface area contributed by atoms with Crippen LogP contribution in [0.4, 0.5) is 0 Å². The fourth-order valence-corrected chi connectivity index (χ4v) is 0.793. The summed E-state index contributed by atoms with van der Waals surface area (Å²) in [5, 5.41) is 0. The summed E-state index contributed by atoms with van der Waals surface area (Å²) in [5.41, 5.74) is 10.6. The normalized spacial score (nSPS) is 12.6. The highest BCUT2D eigenvalue weighted by Gasteiger charge is 2.16. The minimum absolute atomic E-state index is 0.222. The van der Waals surface area contributed by atoms with Crippen molar-refractivity contribution in [1.82, 2.24) is 0 Å². The average molecular weight is 160 g/mol. The van der Waals surface area contributed by atoms with Crippen molar-refractivity contribution in [2.45, 2.75) is 13.3 Å². The summed E-state index contributed by atoms with van der Waals surface area (Å²) in [4.78, 5) is 11.0. The van der Waals surface area contributed by atoms with E-state index in [1.165, 1.54) is 0 Å². The summed E-state index contributed by atoms with van der Waals surface area (Å²) in [6.07, 6.45) is 0.606. The molecule has 0 heterocycles. The van der Waals surface area contributed by atoms with E-state index in [4.69, 9.17) is 16.2 Å². The van der Waals surface area contributed by atoms with Crippen LogP contribution in [-0.4, -0.2) is 25.7 Å². The van der Waals surface area contributed by atoms with Crippen LogP contribution in [0.1, 0.15) is 13.3 Å². The van der Waals surface area contributed by atoms with Gasteiger partial charge in [-0.2, -0.15) is 0 Å². The maximum absolute atomic E-state index is 11.0. The van der Waals surface area contributed by atoms with Crippen LogP contribution < -0.4 is 11.5 Å². The number of rotatable bonds is 5. The Morgan fingerprint density at radius 3 is 2.55 bits per heavy atom. The Bertz CT molecular complexity index is 117. The molecule has 0 rings (SSSR count). The lowest BCUT2D eigenvalue weighted by Gasteiger charge is -2.11. The number of esters is 1. The van der Waals surface area contributed by atoms with E-state index in [0.29, 0.717) is 26.1 Å². The molecule has 0 aliphatic carbocycles. The Kier molecular flexibility index (Phi) is 5.78. The molecule has 4 heteroatoms. The number of nitrogens with two attached hydrogens (primary N) is 2. The van der Waals surface area contributed by atoms with Gasteiger partial charge in [0, 0.05) is 6.54 Å². The van der Waals surface area contributed by atoms with E-state index < -0.39 is 0 Å². The molecule has 0 radical (unpaired) electrons. The first-order chi connectivity index (χ1) is 5.26. The highest BCUT2D eigenvalue weighted by molar-refractivity contribution is 5.72. The zero-order valence-electron chi connectivity index (χ0n) is 6.88. The number of carbonyl (C=O) groups excluding carboxylic acids is 1. The molecule has 0 bridgehead atoms. The first-order valence-corrected chi connectivity index (χ1v) is 3.83. The van der Waals surface area contributed by atoms with E-state index in [9.17, 15) is 4.79 Å². The fraction of sp³-hybridized carbons (Fsp3) is 0.857. The molecule has 0 amide bonds. The first-order valence-electron chi connectivity index (χ1n) is 3.83. The van der Waals surface area contributed by atoms with Gasteiger partial charge in [-0.25, -0.2) is 0 Å². The van der Waals surface area contributed by atoms with Crippen LogP contribution >= 0.6 is 0 Å². The molecule has 0 spiro atoms. The molecule has 0 aromatic carbocycles. The highest BCUT2D eigenvalue weighted by atomic mass is 16.5. The number of hydrogen-bond acceptors (Lipinski definition) is 4. The molecule has 0 aromatic rings. The predicted molar refractivity (Wildman–Crippen MR) is 42.8 cm³/mol. The molecule has 1 unspecified atom stereocenters. The molecule has 0 aliphatic rings. The summed E-state index contributed by atoms with van der Waals surface area (Å²) in [6.45, 7) is 2.96. The van der Waals surface area contributed by atoms with E-state index in [-0.39, 0.29) is 11.9 Å². The number of carbonyl (C=O) groups is 1. The van der Waals surface area contributed by atoms with Crippen molar-refractivity contribution in [3.8, 4) is 0 Å². The molecule has 0 fully saturated rings. The van der Waals surface area contributed by atoms with Crippen molar-refractivity contribution in [3.63, 3.8) is 0 Å². The van der Waals surface area contributed by atoms with Crippen molar-refractivity contribution in [1.29, 1.82) is 0 Å². The van der Waals surface area contributed by atoms with Crippen LogP contribution in [0.25, 0.3) is 0 Å². The van der Waals surface area contributed by atoms with Gasteiger partial charge in [-0.05, 0) is 19.9 Å². The summed E-state index contributed by atoms with van der Waals surface area (Å²) < 4.78 is 4.77. The van der Waals surface area contributed by atoms with Gasteiger partial charge in [0.05, 0.1) is 12.5 Å². The van der Waals surface area contributed by atoms with Crippen molar-refractivity contribution in [3.05, 3.63) is 0 Å². The van der Waals surface area contributed by atoms with Crippen LogP contribution in [0.5, 0.6) is 0 Å². The number of ether oxygens (including phenoxy) is 1. The van der Waals surface area contributed by atoms with Gasteiger partial charge in [0.2, 0.25) is 0 Å². The van der Waals surface area contributed by atoms with Crippen LogP contribution in [0.2, 0.25) is 0 Å². The smallest absolute Gasteiger partial charge is 0.310 e. The summed E-state index contributed by atoms with van der Waals surface area (Å²) in [6, 6.07) is 0. The third kappa shape index (κ3) is 3.95. The standard InChI is InChI=1S/C7H16N2O2/c1-2-11-7(10)6(5-9)3-4-8/h6H,2-5,8-9H2,1H3. The third-order valence-electron chi connectivity index (χ3n) is 1.42. The van der Waals surface area contributed by atoms with Crippen LogP contribution in [0.15, 0.2) is 0 Å². The minimum atomic E-state index is -0.236. The van der Waals surface area contributed by atoms with Crippen LogP contribution in [-0.2, 0) is 9.53 Å². The number of hydrogen-bond donors (Lipinski definition) is 2. The van der Waals surface area contributed by atoms with Gasteiger partial charge in [-0.15, -0.1) is 0 Å². The van der Waals surface area contributed by atoms with Gasteiger partial charge in [0.1, 0.15) is 0 Å². The fourth-order valence-electron chi connectivity index (χ4n) is 0.793. The summed E-state index contributed by atoms with van der Waals surface area (Å²) in [7, 11) is 0. The molecular weight excluding hydrogens is 144 g/mol. The zero-order valence-corrected chi connectivity index (χ0v) is 6.88. The second kappa shape index (κ2) is 6.12. The molecule has 0 aliphatic heterocycles. The molecule has 4 N–H and O–H groups in total. The van der Waals surface area contributed by atoms with Gasteiger partial charge < -0.3 is 16.2 Å². The molecule has 0 aromatic heterocycles. The van der Waals surface area contributed by atoms with E-state index in [1.807, 2.05) is 0 Å². The van der Waals surface area contributed by atoms with Gasteiger partial charge in [-0.1, -0.05) is 0 Å². The molecular formula is C7H16N2O2. The van der Waals surface area contributed by atoms with Gasteiger partial charge in [-0.3, -0.25) is 4.79 Å². The summed E-state index contributed by atoms with van der Waals surface area (Å²) in [5.74, 6) is -0.458.